The lowest BCUT2D eigenvalue weighted by Gasteiger charge is -2.08. The first kappa shape index (κ1) is 18.9. The molecule has 0 saturated heterocycles. The predicted molar refractivity (Wildman–Crippen MR) is 96.6 cm³/mol. The van der Waals surface area contributed by atoms with E-state index >= 15 is 0 Å². The SMILES string of the molecule is CCCOc1ccc2nc(Cl)c(S(=O)(=O)NC(=O)Oc3ccccc3)n2n1. The van der Waals surface area contributed by atoms with Gasteiger partial charge in [-0.15, -0.1) is 5.10 Å². The van der Waals surface area contributed by atoms with Crippen LogP contribution in [0.15, 0.2) is 47.5 Å². The van der Waals surface area contributed by atoms with Crippen LogP contribution < -0.4 is 14.2 Å². The number of rotatable bonds is 6. The van der Waals surface area contributed by atoms with Crippen LogP contribution in [0.2, 0.25) is 5.15 Å². The lowest BCUT2D eigenvalue weighted by Crippen LogP contribution is -2.34. The van der Waals surface area contributed by atoms with E-state index in [1.807, 2.05) is 6.92 Å². The lowest BCUT2D eigenvalue weighted by atomic mass is 10.3. The molecule has 2 aromatic heterocycles. The van der Waals surface area contributed by atoms with Crippen molar-refractivity contribution in [3.05, 3.63) is 47.6 Å². The molecule has 3 rings (SSSR count). The highest BCUT2D eigenvalue weighted by molar-refractivity contribution is 7.90. The molecule has 27 heavy (non-hydrogen) atoms. The highest BCUT2D eigenvalue weighted by atomic mass is 35.5. The van der Waals surface area contributed by atoms with Crippen molar-refractivity contribution in [3.63, 3.8) is 0 Å². The van der Waals surface area contributed by atoms with Crippen molar-refractivity contribution < 1.29 is 22.7 Å². The maximum Gasteiger partial charge on any atom is 0.426 e. The summed E-state index contributed by atoms with van der Waals surface area (Å²) < 4.78 is 38.3. The molecule has 0 radical (unpaired) electrons. The quantitative estimate of drug-likeness (QED) is 0.664. The maximum absolute atomic E-state index is 12.6. The second kappa shape index (κ2) is 7.80. The maximum atomic E-state index is 12.6. The summed E-state index contributed by atoms with van der Waals surface area (Å²) in [6.45, 7) is 2.33. The van der Waals surface area contributed by atoms with E-state index < -0.39 is 21.1 Å². The molecule has 0 unspecified atom stereocenters. The molecule has 0 aliphatic carbocycles. The topological polar surface area (TPSA) is 112 Å². The summed E-state index contributed by atoms with van der Waals surface area (Å²) in [6.07, 6.45) is -0.437. The smallest absolute Gasteiger partial charge is 0.426 e. The van der Waals surface area contributed by atoms with Gasteiger partial charge in [-0.1, -0.05) is 36.7 Å². The first-order valence-corrected chi connectivity index (χ1v) is 9.74. The van der Waals surface area contributed by atoms with Gasteiger partial charge in [0, 0.05) is 6.07 Å². The summed E-state index contributed by atoms with van der Waals surface area (Å²) in [7, 11) is -4.40. The standard InChI is InChI=1S/C16H15ClN4O5S/c1-2-10-25-13-9-8-12-18-14(17)15(21(12)19-13)27(23,24)20-16(22)26-11-6-4-3-5-7-11/h3-9H,2,10H2,1H3,(H,20,22). The fourth-order valence-corrected chi connectivity index (χ4v) is 3.61. The second-order valence-corrected chi connectivity index (χ2v) is 7.26. The summed E-state index contributed by atoms with van der Waals surface area (Å²) in [6, 6.07) is 11.1. The van der Waals surface area contributed by atoms with Gasteiger partial charge >= 0.3 is 6.09 Å². The predicted octanol–water partition coefficient (Wildman–Crippen LogP) is 2.65. The third kappa shape index (κ3) is 4.29. The van der Waals surface area contributed by atoms with Crippen LogP contribution >= 0.6 is 11.6 Å². The van der Waals surface area contributed by atoms with Crippen molar-refractivity contribution in [2.75, 3.05) is 6.61 Å². The molecule has 1 amide bonds. The summed E-state index contributed by atoms with van der Waals surface area (Å²) in [5.41, 5.74) is 0.181. The highest BCUT2D eigenvalue weighted by Gasteiger charge is 2.28. The normalized spacial score (nSPS) is 11.3. The van der Waals surface area contributed by atoms with Gasteiger partial charge in [-0.05, 0) is 24.6 Å². The molecule has 0 aliphatic rings. The van der Waals surface area contributed by atoms with Crippen LogP contribution in [0, 0.1) is 0 Å². The molecule has 0 saturated carbocycles. The van der Waals surface area contributed by atoms with Crippen molar-refractivity contribution in [1.82, 2.24) is 19.3 Å². The van der Waals surface area contributed by atoms with E-state index in [-0.39, 0.29) is 22.4 Å². The molecule has 9 nitrogen and oxygen atoms in total. The minimum Gasteiger partial charge on any atom is -0.477 e. The summed E-state index contributed by atoms with van der Waals surface area (Å²) >= 11 is 5.97. The zero-order valence-electron chi connectivity index (χ0n) is 14.1. The molecule has 0 fully saturated rings. The number of hydrogen-bond acceptors (Lipinski definition) is 7. The molecule has 1 N–H and O–H groups in total. The van der Waals surface area contributed by atoms with Crippen LogP contribution in [0.25, 0.3) is 5.65 Å². The number of carbonyl (C=O) groups is 1. The van der Waals surface area contributed by atoms with E-state index in [9.17, 15) is 13.2 Å². The van der Waals surface area contributed by atoms with Crippen molar-refractivity contribution in [2.24, 2.45) is 0 Å². The third-order valence-corrected chi connectivity index (χ3v) is 4.94. The van der Waals surface area contributed by atoms with Crippen molar-refractivity contribution >= 4 is 33.4 Å². The summed E-state index contributed by atoms with van der Waals surface area (Å²) in [5, 5.41) is 3.24. The van der Waals surface area contributed by atoms with Gasteiger partial charge in [0.1, 0.15) is 5.75 Å². The van der Waals surface area contributed by atoms with E-state index in [2.05, 4.69) is 10.1 Å². The molecule has 3 aromatic rings. The number of carbonyl (C=O) groups excluding carboxylic acids is 1. The van der Waals surface area contributed by atoms with E-state index in [0.29, 0.717) is 6.61 Å². The Labute approximate surface area is 159 Å². The van der Waals surface area contributed by atoms with Gasteiger partial charge in [0.2, 0.25) is 10.9 Å². The number of imidazole rings is 1. The average Bonchev–Trinajstić information content (AvgIpc) is 2.96. The number of fused-ring (bicyclic) bond motifs is 1. The Morgan fingerprint density at radius 3 is 2.67 bits per heavy atom. The number of para-hydroxylation sites is 1. The van der Waals surface area contributed by atoms with E-state index in [1.54, 1.807) is 29.0 Å². The molecule has 11 heteroatoms. The van der Waals surface area contributed by atoms with Crippen LogP contribution in [0.5, 0.6) is 11.6 Å². The Kier molecular flexibility index (Phi) is 5.47. The molecule has 0 spiro atoms. The number of nitrogens with zero attached hydrogens (tertiary/aromatic N) is 3. The minimum atomic E-state index is -4.40. The van der Waals surface area contributed by atoms with Crippen molar-refractivity contribution in [1.29, 1.82) is 0 Å². The third-order valence-electron chi connectivity index (χ3n) is 3.25. The van der Waals surface area contributed by atoms with Crippen molar-refractivity contribution in [3.8, 4) is 11.6 Å². The van der Waals surface area contributed by atoms with Crippen LogP contribution in [0.3, 0.4) is 0 Å². The van der Waals surface area contributed by atoms with Crippen LogP contribution in [-0.2, 0) is 10.0 Å². The zero-order valence-corrected chi connectivity index (χ0v) is 15.7. The fourth-order valence-electron chi connectivity index (χ4n) is 2.15. The Balaban J connectivity index is 1.89. The summed E-state index contributed by atoms with van der Waals surface area (Å²) in [4.78, 5) is 15.9. The lowest BCUT2D eigenvalue weighted by molar-refractivity contribution is 0.206. The molecular weight excluding hydrogens is 396 g/mol. The molecule has 0 bridgehead atoms. The Bertz CT molecular complexity index is 1070. The van der Waals surface area contributed by atoms with Gasteiger partial charge in [-0.3, -0.25) is 0 Å². The highest BCUT2D eigenvalue weighted by Crippen LogP contribution is 2.23. The fraction of sp³-hybridized carbons (Fsp3) is 0.188. The number of halogens is 1. The molecule has 0 atom stereocenters. The molecule has 1 aromatic carbocycles. The first-order valence-electron chi connectivity index (χ1n) is 7.88. The van der Waals surface area contributed by atoms with Gasteiger partial charge < -0.3 is 9.47 Å². The van der Waals surface area contributed by atoms with Gasteiger partial charge in [0.15, 0.2) is 10.8 Å². The number of sulfonamides is 1. The molecule has 2 heterocycles. The largest absolute Gasteiger partial charge is 0.477 e. The van der Waals surface area contributed by atoms with Gasteiger partial charge in [-0.2, -0.15) is 12.9 Å². The number of ether oxygens (including phenoxy) is 2. The van der Waals surface area contributed by atoms with Crippen LogP contribution in [0.4, 0.5) is 4.79 Å². The van der Waals surface area contributed by atoms with Gasteiger partial charge in [-0.25, -0.2) is 14.5 Å². The number of nitrogens with one attached hydrogen (secondary N) is 1. The van der Waals surface area contributed by atoms with Gasteiger partial charge in [0.25, 0.3) is 10.0 Å². The molecule has 142 valence electrons. The van der Waals surface area contributed by atoms with E-state index in [1.165, 1.54) is 18.2 Å². The monoisotopic (exact) mass is 410 g/mol. The molecular formula is C16H15ClN4O5S. The van der Waals surface area contributed by atoms with Crippen LogP contribution in [0.1, 0.15) is 13.3 Å². The number of aromatic nitrogens is 3. The summed E-state index contributed by atoms with van der Waals surface area (Å²) in [5.74, 6) is 0.379. The Morgan fingerprint density at radius 2 is 1.96 bits per heavy atom. The number of hydrogen-bond donors (Lipinski definition) is 1. The number of amides is 1. The van der Waals surface area contributed by atoms with Crippen LogP contribution in [-0.4, -0.2) is 35.7 Å². The van der Waals surface area contributed by atoms with E-state index in [4.69, 9.17) is 21.1 Å². The number of benzene rings is 1. The average molecular weight is 411 g/mol. The zero-order chi connectivity index (χ0) is 19.4. The Morgan fingerprint density at radius 1 is 1.22 bits per heavy atom. The van der Waals surface area contributed by atoms with Crippen molar-refractivity contribution in [2.45, 2.75) is 18.4 Å². The van der Waals surface area contributed by atoms with E-state index in [0.717, 1.165) is 10.9 Å². The Hall–Kier alpha value is -2.85. The minimum absolute atomic E-state index is 0.181. The second-order valence-electron chi connectivity index (χ2n) is 5.31. The molecule has 0 aliphatic heterocycles. The van der Waals surface area contributed by atoms with Gasteiger partial charge in [0.05, 0.1) is 6.61 Å². The first-order chi connectivity index (χ1) is 12.9.